The lowest BCUT2D eigenvalue weighted by Gasteiger charge is -2.29. The van der Waals surface area contributed by atoms with Gasteiger partial charge in [-0.25, -0.2) is 0 Å². The van der Waals surface area contributed by atoms with E-state index in [2.05, 4.69) is 199 Å². The van der Waals surface area contributed by atoms with Crippen LogP contribution >= 0.6 is 0 Å². The minimum absolute atomic E-state index is 0.856. The van der Waals surface area contributed by atoms with Gasteiger partial charge in [0.25, 0.3) is 0 Å². The maximum Gasteiger partial charge on any atom is 0.159 e. The number of rotatable bonds is 7. The SMILES string of the molecule is c1ccc(-c2ccc(N(c3cccc(-c4ccccc4)c3-c3cccc(-c4ccccc4)c3)c3cccc4c3oc3ccccc34)cc2)cc1. The minimum atomic E-state index is 0.856. The molecule has 2 nitrogen and oxygen atoms in total. The second-order valence-corrected chi connectivity index (χ2v) is 12.5. The third-order valence-electron chi connectivity index (χ3n) is 9.48. The van der Waals surface area contributed by atoms with Crippen molar-refractivity contribution in [3.05, 3.63) is 200 Å². The zero-order valence-electron chi connectivity index (χ0n) is 27.4. The summed E-state index contributed by atoms with van der Waals surface area (Å²) in [5.41, 5.74) is 14.2. The van der Waals surface area contributed by atoms with Crippen LogP contribution < -0.4 is 4.90 Å². The summed E-state index contributed by atoms with van der Waals surface area (Å²) in [6, 6.07) is 71.1. The van der Waals surface area contributed by atoms with Crippen LogP contribution in [-0.2, 0) is 0 Å². The van der Waals surface area contributed by atoms with E-state index in [4.69, 9.17) is 4.42 Å². The second-order valence-electron chi connectivity index (χ2n) is 12.5. The summed E-state index contributed by atoms with van der Waals surface area (Å²) in [6.07, 6.45) is 0. The summed E-state index contributed by atoms with van der Waals surface area (Å²) in [4.78, 5) is 2.37. The van der Waals surface area contributed by atoms with Crippen LogP contribution in [0.5, 0.6) is 0 Å². The van der Waals surface area contributed by atoms with Crippen LogP contribution in [-0.4, -0.2) is 0 Å². The maximum absolute atomic E-state index is 6.70. The molecule has 0 aliphatic heterocycles. The van der Waals surface area contributed by atoms with Crippen molar-refractivity contribution in [3.63, 3.8) is 0 Å². The molecule has 0 atom stereocenters. The number of hydrogen-bond acceptors (Lipinski definition) is 2. The van der Waals surface area contributed by atoms with E-state index in [0.29, 0.717) is 0 Å². The van der Waals surface area contributed by atoms with Gasteiger partial charge in [-0.15, -0.1) is 0 Å². The molecule has 0 aliphatic rings. The highest BCUT2D eigenvalue weighted by atomic mass is 16.3. The van der Waals surface area contributed by atoms with Gasteiger partial charge in [0.1, 0.15) is 5.58 Å². The highest BCUT2D eigenvalue weighted by Crippen LogP contribution is 2.48. The number of anilines is 3. The molecule has 0 aliphatic carbocycles. The average molecular weight is 640 g/mol. The third kappa shape index (κ3) is 5.34. The summed E-state index contributed by atoms with van der Waals surface area (Å²) in [5.74, 6) is 0. The van der Waals surface area contributed by atoms with Crippen molar-refractivity contribution >= 4 is 39.0 Å². The lowest BCUT2D eigenvalue weighted by atomic mass is 9.90. The quantitative estimate of drug-likeness (QED) is 0.173. The number of fused-ring (bicyclic) bond motifs is 3. The average Bonchev–Trinajstić information content (AvgIpc) is 3.59. The van der Waals surface area contributed by atoms with E-state index in [1.807, 2.05) is 6.07 Å². The molecule has 0 spiro atoms. The first kappa shape index (κ1) is 29.5. The predicted octanol–water partition coefficient (Wildman–Crippen LogP) is 13.7. The summed E-state index contributed by atoms with van der Waals surface area (Å²) in [7, 11) is 0. The molecule has 0 amide bonds. The van der Waals surface area contributed by atoms with Crippen LogP contribution in [0.3, 0.4) is 0 Å². The number of benzene rings is 8. The predicted molar refractivity (Wildman–Crippen MR) is 210 cm³/mol. The van der Waals surface area contributed by atoms with Crippen molar-refractivity contribution in [1.29, 1.82) is 0 Å². The van der Waals surface area contributed by atoms with Gasteiger partial charge in [0.05, 0.1) is 11.4 Å². The van der Waals surface area contributed by atoms with Crippen LogP contribution in [0.15, 0.2) is 205 Å². The Morgan fingerprint density at radius 2 is 0.860 bits per heavy atom. The fourth-order valence-electron chi connectivity index (χ4n) is 7.12. The molecular formula is C48H33NO. The molecule has 0 unspecified atom stereocenters. The highest BCUT2D eigenvalue weighted by molar-refractivity contribution is 6.11. The standard InChI is InChI=1S/C48H33NO/c1-4-15-34(16-5-1)36-29-31-40(32-30-36)49(45-27-14-25-43-42-23-10-11-28-46(42)50-48(43)45)44-26-13-24-41(37-19-8-3-9-20-37)47(44)39-22-12-21-38(33-39)35-17-6-2-7-18-35/h1-33H. The van der Waals surface area contributed by atoms with Gasteiger partial charge in [-0.1, -0.05) is 164 Å². The second kappa shape index (κ2) is 12.8. The smallest absolute Gasteiger partial charge is 0.159 e. The molecule has 2 heteroatoms. The summed E-state index contributed by atoms with van der Waals surface area (Å²) in [6.45, 7) is 0. The van der Waals surface area contributed by atoms with E-state index < -0.39 is 0 Å². The van der Waals surface area contributed by atoms with Gasteiger partial charge in [0.15, 0.2) is 5.58 Å². The molecule has 9 aromatic rings. The monoisotopic (exact) mass is 639 g/mol. The van der Waals surface area contributed by atoms with Gasteiger partial charge >= 0.3 is 0 Å². The summed E-state index contributed by atoms with van der Waals surface area (Å²) < 4.78 is 6.70. The Balaban J connectivity index is 1.33. The highest BCUT2D eigenvalue weighted by Gasteiger charge is 2.24. The van der Waals surface area contributed by atoms with Crippen molar-refractivity contribution in [3.8, 4) is 44.5 Å². The number of nitrogens with zero attached hydrogens (tertiary/aromatic N) is 1. The lowest BCUT2D eigenvalue weighted by molar-refractivity contribution is 0.669. The number of para-hydroxylation sites is 2. The summed E-state index contributed by atoms with van der Waals surface area (Å²) in [5, 5.41) is 2.20. The van der Waals surface area contributed by atoms with Gasteiger partial charge in [-0.2, -0.15) is 0 Å². The third-order valence-corrected chi connectivity index (χ3v) is 9.48. The van der Waals surface area contributed by atoms with Crippen LogP contribution in [0.4, 0.5) is 17.1 Å². The number of hydrogen-bond donors (Lipinski definition) is 0. The van der Waals surface area contributed by atoms with Gasteiger partial charge < -0.3 is 9.32 Å². The van der Waals surface area contributed by atoms with Crippen molar-refractivity contribution in [2.24, 2.45) is 0 Å². The van der Waals surface area contributed by atoms with E-state index in [-0.39, 0.29) is 0 Å². The minimum Gasteiger partial charge on any atom is -0.454 e. The van der Waals surface area contributed by atoms with Crippen LogP contribution in [0.25, 0.3) is 66.4 Å². The van der Waals surface area contributed by atoms with E-state index >= 15 is 0 Å². The van der Waals surface area contributed by atoms with Crippen molar-refractivity contribution in [2.45, 2.75) is 0 Å². The first-order valence-electron chi connectivity index (χ1n) is 17.0. The molecule has 0 N–H and O–H groups in total. The Kier molecular flexibility index (Phi) is 7.53. The van der Waals surface area contributed by atoms with Crippen molar-refractivity contribution in [2.75, 3.05) is 4.90 Å². The number of furan rings is 1. The fourth-order valence-corrected chi connectivity index (χ4v) is 7.12. The molecule has 0 saturated heterocycles. The van der Waals surface area contributed by atoms with E-state index in [0.717, 1.165) is 61.3 Å². The van der Waals surface area contributed by atoms with Gasteiger partial charge in [0.2, 0.25) is 0 Å². The molecule has 0 fully saturated rings. The Bertz CT molecular complexity index is 2570. The van der Waals surface area contributed by atoms with E-state index in [9.17, 15) is 0 Å². The molecule has 8 aromatic carbocycles. The molecule has 0 radical (unpaired) electrons. The Labute approximate surface area is 292 Å². The topological polar surface area (TPSA) is 16.4 Å². The van der Waals surface area contributed by atoms with Crippen LogP contribution in [0.1, 0.15) is 0 Å². The van der Waals surface area contributed by atoms with E-state index in [1.54, 1.807) is 0 Å². The van der Waals surface area contributed by atoms with Crippen LogP contribution in [0.2, 0.25) is 0 Å². The maximum atomic E-state index is 6.70. The van der Waals surface area contributed by atoms with Crippen molar-refractivity contribution in [1.82, 2.24) is 0 Å². The van der Waals surface area contributed by atoms with Gasteiger partial charge in [0, 0.05) is 22.0 Å². The largest absolute Gasteiger partial charge is 0.454 e. The molecule has 0 bridgehead atoms. The zero-order chi connectivity index (χ0) is 33.3. The first-order chi connectivity index (χ1) is 24.8. The lowest BCUT2D eigenvalue weighted by Crippen LogP contribution is -2.12. The Morgan fingerprint density at radius 3 is 1.60 bits per heavy atom. The van der Waals surface area contributed by atoms with Crippen LogP contribution in [0, 0.1) is 0 Å². The Hall–Kier alpha value is -6.64. The molecule has 1 heterocycles. The zero-order valence-corrected chi connectivity index (χ0v) is 27.4. The Morgan fingerprint density at radius 1 is 0.340 bits per heavy atom. The molecular weight excluding hydrogens is 607 g/mol. The molecule has 0 saturated carbocycles. The summed E-state index contributed by atoms with van der Waals surface area (Å²) >= 11 is 0. The normalized spacial score (nSPS) is 11.2. The first-order valence-corrected chi connectivity index (χ1v) is 17.0. The fraction of sp³-hybridized carbons (Fsp3) is 0. The molecule has 236 valence electrons. The van der Waals surface area contributed by atoms with Gasteiger partial charge in [-0.05, 0) is 75.3 Å². The van der Waals surface area contributed by atoms with E-state index in [1.165, 1.54) is 22.3 Å². The molecule has 50 heavy (non-hydrogen) atoms. The van der Waals surface area contributed by atoms with Gasteiger partial charge in [-0.3, -0.25) is 0 Å². The van der Waals surface area contributed by atoms with Crippen molar-refractivity contribution < 1.29 is 4.42 Å². The molecule has 9 rings (SSSR count). The molecule has 1 aromatic heterocycles.